The summed E-state index contributed by atoms with van der Waals surface area (Å²) < 4.78 is 5.61. The molecule has 0 radical (unpaired) electrons. The van der Waals surface area contributed by atoms with Crippen molar-refractivity contribution in [3.05, 3.63) is 54.2 Å². The highest BCUT2D eigenvalue weighted by molar-refractivity contribution is 5.88. The van der Waals surface area contributed by atoms with E-state index in [2.05, 4.69) is 10.3 Å². The Morgan fingerprint density at radius 2 is 2.04 bits per heavy atom. The van der Waals surface area contributed by atoms with E-state index >= 15 is 0 Å². The first-order valence-electron chi connectivity index (χ1n) is 7.96. The molecule has 2 N–H and O–H groups in total. The molecule has 1 aromatic heterocycles. The van der Waals surface area contributed by atoms with Gasteiger partial charge in [0.1, 0.15) is 11.6 Å². The van der Waals surface area contributed by atoms with Crippen LogP contribution in [0.25, 0.3) is 0 Å². The van der Waals surface area contributed by atoms with Gasteiger partial charge in [0.2, 0.25) is 0 Å². The average Bonchev–Trinajstić information content (AvgIpc) is 2.56. The van der Waals surface area contributed by atoms with Gasteiger partial charge in [-0.25, -0.2) is 9.78 Å². The number of carbonyl (C=O) groups excluding carboxylic acids is 1. The van der Waals surface area contributed by atoms with Crippen LogP contribution in [0.3, 0.4) is 0 Å². The van der Waals surface area contributed by atoms with Crippen LogP contribution < -0.4 is 10.1 Å². The third-order valence-electron chi connectivity index (χ3n) is 3.31. The van der Waals surface area contributed by atoms with E-state index < -0.39 is 6.10 Å². The number of urea groups is 1. The lowest BCUT2D eigenvalue weighted by molar-refractivity contribution is 0.135. The van der Waals surface area contributed by atoms with Crippen LogP contribution in [0.1, 0.15) is 19.4 Å². The van der Waals surface area contributed by atoms with Crippen molar-refractivity contribution in [1.29, 1.82) is 0 Å². The van der Waals surface area contributed by atoms with E-state index in [0.717, 1.165) is 11.3 Å². The predicted molar refractivity (Wildman–Crippen MR) is 93.0 cm³/mol. The first-order valence-corrected chi connectivity index (χ1v) is 7.96. The van der Waals surface area contributed by atoms with E-state index in [0.29, 0.717) is 19.0 Å². The van der Waals surface area contributed by atoms with Gasteiger partial charge in [-0.15, -0.1) is 0 Å². The Bertz CT molecular complexity index is 647. The summed E-state index contributed by atoms with van der Waals surface area (Å²) in [6, 6.07) is 12.5. The van der Waals surface area contributed by atoms with E-state index in [9.17, 15) is 9.90 Å². The van der Waals surface area contributed by atoms with Gasteiger partial charge in [0, 0.05) is 18.3 Å². The SMILES string of the molecule is CCOc1ccccc1CN(C[C@@H](C)O)C(=O)Nc1ccccn1. The molecule has 2 rings (SSSR count). The van der Waals surface area contributed by atoms with Crippen molar-refractivity contribution in [1.82, 2.24) is 9.88 Å². The zero-order valence-electron chi connectivity index (χ0n) is 14.0. The molecular weight excluding hydrogens is 306 g/mol. The normalized spacial score (nSPS) is 11.6. The van der Waals surface area contributed by atoms with Crippen LogP contribution in [0.5, 0.6) is 5.75 Å². The highest BCUT2D eigenvalue weighted by Crippen LogP contribution is 2.20. The number of amides is 2. The summed E-state index contributed by atoms with van der Waals surface area (Å²) in [7, 11) is 0. The monoisotopic (exact) mass is 329 g/mol. The predicted octanol–water partition coefficient (Wildman–Crippen LogP) is 2.90. The van der Waals surface area contributed by atoms with Crippen molar-refractivity contribution in [2.24, 2.45) is 0 Å². The molecule has 0 saturated carbocycles. The van der Waals surface area contributed by atoms with Crippen LogP contribution >= 0.6 is 0 Å². The molecule has 6 heteroatoms. The summed E-state index contributed by atoms with van der Waals surface area (Å²) in [6.07, 6.45) is 0.970. The Labute approximate surface area is 142 Å². The summed E-state index contributed by atoms with van der Waals surface area (Å²) >= 11 is 0. The van der Waals surface area contributed by atoms with Crippen LogP contribution in [0, 0.1) is 0 Å². The number of pyridine rings is 1. The molecule has 0 fully saturated rings. The first-order chi connectivity index (χ1) is 11.6. The third-order valence-corrected chi connectivity index (χ3v) is 3.31. The fourth-order valence-electron chi connectivity index (χ4n) is 2.30. The van der Waals surface area contributed by atoms with Gasteiger partial charge in [-0.1, -0.05) is 24.3 Å². The number of anilines is 1. The largest absolute Gasteiger partial charge is 0.494 e. The van der Waals surface area contributed by atoms with E-state index in [1.807, 2.05) is 31.2 Å². The number of rotatable bonds is 7. The van der Waals surface area contributed by atoms with Crippen molar-refractivity contribution < 1.29 is 14.6 Å². The standard InChI is InChI=1S/C18H23N3O3/c1-3-24-16-9-5-4-8-15(16)13-21(12-14(2)22)18(23)20-17-10-6-7-11-19-17/h4-11,14,22H,3,12-13H2,1-2H3,(H,19,20,23)/t14-/m1/s1. The summed E-state index contributed by atoms with van der Waals surface area (Å²) in [6.45, 7) is 4.65. The number of aromatic nitrogens is 1. The Hall–Kier alpha value is -2.60. The number of hydrogen-bond donors (Lipinski definition) is 2. The average molecular weight is 329 g/mol. The number of aliphatic hydroxyl groups is 1. The maximum absolute atomic E-state index is 12.5. The van der Waals surface area contributed by atoms with Gasteiger partial charge in [0.15, 0.2) is 0 Å². The van der Waals surface area contributed by atoms with Gasteiger partial charge < -0.3 is 14.7 Å². The highest BCUT2D eigenvalue weighted by Gasteiger charge is 2.18. The molecule has 2 amide bonds. The zero-order valence-corrected chi connectivity index (χ0v) is 14.0. The van der Waals surface area contributed by atoms with Crippen molar-refractivity contribution in [3.8, 4) is 5.75 Å². The Kier molecular flexibility index (Phi) is 6.57. The van der Waals surface area contributed by atoms with E-state index in [-0.39, 0.29) is 12.6 Å². The molecule has 0 saturated heterocycles. The second-order valence-corrected chi connectivity index (χ2v) is 5.42. The van der Waals surface area contributed by atoms with Crippen molar-refractivity contribution in [2.75, 3.05) is 18.5 Å². The van der Waals surface area contributed by atoms with Crippen LogP contribution in [-0.4, -0.2) is 40.3 Å². The number of hydrogen-bond acceptors (Lipinski definition) is 4. The van der Waals surface area contributed by atoms with E-state index in [4.69, 9.17) is 4.74 Å². The lowest BCUT2D eigenvalue weighted by Crippen LogP contribution is -2.39. The Morgan fingerprint density at radius 1 is 1.29 bits per heavy atom. The molecule has 0 bridgehead atoms. The van der Waals surface area contributed by atoms with Gasteiger partial charge in [-0.05, 0) is 32.0 Å². The van der Waals surface area contributed by atoms with Crippen LogP contribution in [-0.2, 0) is 6.54 Å². The molecule has 1 atom stereocenters. The summed E-state index contributed by atoms with van der Waals surface area (Å²) in [4.78, 5) is 18.2. The zero-order chi connectivity index (χ0) is 17.4. The molecule has 128 valence electrons. The number of nitrogens with zero attached hydrogens (tertiary/aromatic N) is 2. The third kappa shape index (κ3) is 5.24. The van der Waals surface area contributed by atoms with E-state index in [1.165, 1.54) is 4.90 Å². The molecule has 0 spiro atoms. The maximum Gasteiger partial charge on any atom is 0.323 e. The quantitative estimate of drug-likeness (QED) is 0.819. The van der Waals surface area contributed by atoms with Crippen LogP contribution in [0.4, 0.5) is 10.6 Å². The highest BCUT2D eigenvalue weighted by atomic mass is 16.5. The number of ether oxygens (including phenoxy) is 1. The molecule has 0 aliphatic heterocycles. The fraction of sp³-hybridized carbons (Fsp3) is 0.333. The fourth-order valence-corrected chi connectivity index (χ4v) is 2.30. The number of carbonyl (C=O) groups is 1. The van der Waals surface area contributed by atoms with Gasteiger partial charge in [-0.3, -0.25) is 5.32 Å². The Morgan fingerprint density at radius 3 is 2.71 bits per heavy atom. The summed E-state index contributed by atoms with van der Waals surface area (Å²) in [5, 5.41) is 12.5. The van der Waals surface area contributed by atoms with Crippen molar-refractivity contribution in [2.45, 2.75) is 26.5 Å². The van der Waals surface area contributed by atoms with Gasteiger partial charge in [-0.2, -0.15) is 0 Å². The number of benzene rings is 1. The topological polar surface area (TPSA) is 74.7 Å². The van der Waals surface area contributed by atoms with Gasteiger partial charge in [0.05, 0.1) is 19.3 Å². The molecule has 2 aromatic rings. The second-order valence-electron chi connectivity index (χ2n) is 5.42. The minimum Gasteiger partial charge on any atom is -0.494 e. The van der Waals surface area contributed by atoms with Crippen LogP contribution in [0.15, 0.2) is 48.7 Å². The lowest BCUT2D eigenvalue weighted by atomic mass is 10.2. The molecule has 0 aliphatic rings. The second kappa shape index (κ2) is 8.88. The number of para-hydroxylation sites is 1. The summed E-state index contributed by atoms with van der Waals surface area (Å²) in [5.41, 5.74) is 0.885. The van der Waals surface area contributed by atoms with Gasteiger partial charge in [0.25, 0.3) is 0 Å². The van der Waals surface area contributed by atoms with Crippen LogP contribution in [0.2, 0.25) is 0 Å². The molecule has 1 heterocycles. The number of nitrogens with one attached hydrogen (secondary N) is 1. The molecule has 0 aliphatic carbocycles. The molecule has 0 unspecified atom stereocenters. The molecule has 6 nitrogen and oxygen atoms in total. The van der Waals surface area contributed by atoms with Crippen molar-refractivity contribution >= 4 is 11.8 Å². The molecule has 1 aromatic carbocycles. The minimum atomic E-state index is -0.640. The molecular formula is C18H23N3O3. The number of aliphatic hydroxyl groups excluding tert-OH is 1. The lowest BCUT2D eigenvalue weighted by Gasteiger charge is -2.25. The minimum absolute atomic E-state index is 0.207. The van der Waals surface area contributed by atoms with Gasteiger partial charge >= 0.3 is 6.03 Å². The molecule has 24 heavy (non-hydrogen) atoms. The Balaban J connectivity index is 2.14. The summed E-state index contributed by atoms with van der Waals surface area (Å²) in [5.74, 6) is 1.21. The van der Waals surface area contributed by atoms with E-state index in [1.54, 1.807) is 31.3 Å². The van der Waals surface area contributed by atoms with Crippen molar-refractivity contribution in [3.63, 3.8) is 0 Å². The maximum atomic E-state index is 12.5. The first kappa shape index (κ1) is 17.7. The smallest absolute Gasteiger partial charge is 0.323 e.